The van der Waals surface area contributed by atoms with Crippen molar-refractivity contribution in [2.24, 2.45) is 0 Å². The Morgan fingerprint density at radius 3 is 0.389 bits per heavy atom. The molecule has 0 heterocycles. The molecule has 0 atom stereocenters. The molecule has 0 rings (SSSR count). The molecule has 18 heteroatoms. The third-order valence-corrected chi connectivity index (χ3v) is 0. The van der Waals surface area contributed by atoms with E-state index >= 15 is 0 Å². The Morgan fingerprint density at radius 2 is 0.389 bits per heavy atom. The third kappa shape index (κ3) is 317. The van der Waals surface area contributed by atoms with Gasteiger partial charge in [0.1, 0.15) is 0 Å². The molecule has 0 fully saturated rings. The van der Waals surface area contributed by atoms with E-state index in [1.807, 2.05) is 0 Å². The molecule has 0 aromatic heterocycles. The monoisotopic (exact) mass is 414 g/mol. The summed E-state index contributed by atoms with van der Waals surface area (Å²) in [7, 11) is -13.9. The summed E-state index contributed by atoms with van der Waals surface area (Å²) in [5.41, 5.74) is 0. The van der Waals surface area contributed by atoms with Crippen LogP contribution in [0.5, 0.6) is 0 Å². The molecule has 102 valence electrons. The maximum atomic E-state index is 8.88. The Bertz CT molecular complexity index is 209. The molecule has 0 saturated carbocycles. The topological polar surface area (TPSA) is 233 Å². The van der Waals surface area contributed by atoms with Crippen LogP contribution in [-0.2, 0) is 13.7 Å². The van der Waals surface area contributed by atoms with Gasteiger partial charge in [-0.25, -0.2) is 13.7 Å². The second-order valence-corrected chi connectivity index (χ2v) is 4.62. The van der Waals surface area contributed by atoms with Crippen LogP contribution in [0.2, 0.25) is 0 Å². The average molecular weight is 414 g/mol. The average Bonchev–Trinajstić information content (AvgIpc) is 1.41. The number of hydrogen-bond donors (Lipinski definition) is 9. The second-order valence-electron chi connectivity index (χ2n) is 1.54. The van der Waals surface area contributed by atoms with Crippen LogP contribution in [0, 0.1) is 0 Å². The predicted octanol–water partition coefficient (Wildman–Crippen LogP) is -4.73. The van der Waals surface area contributed by atoms with Crippen LogP contribution in [0.4, 0.5) is 0 Å². The minimum atomic E-state index is -4.64. The van der Waals surface area contributed by atoms with Gasteiger partial charge in [0, 0.05) is 0 Å². The zero-order chi connectivity index (χ0) is 13.5. The van der Waals surface area contributed by atoms with Gasteiger partial charge in [-0.1, -0.05) is 0 Å². The van der Waals surface area contributed by atoms with Gasteiger partial charge in [0.2, 0.25) is 0 Å². The van der Waals surface area contributed by atoms with Gasteiger partial charge < -0.3 is 44.0 Å². The zero-order valence-corrected chi connectivity index (χ0v) is 9.27. The Hall–Kier alpha value is 5.24. The van der Waals surface area contributed by atoms with Crippen LogP contribution in [-0.4, -0.2) is 198 Å². The summed E-state index contributed by atoms with van der Waals surface area (Å²) in [4.78, 5) is 64.7. The van der Waals surface area contributed by atoms with E-state index in [9.17, 15) is 0 Å². The summed E-state index contributed by atoms with van der Waals surface area (Å²) >= 11 is 0. The van der Waals surface area contributed by atoms with Crippen molar-refractivity contribution in [3.8, 4) is 0 Å². The van der Waals surface area contributed by atoms with E-state index in [4.69, 9.17) is 57.7 Å². The quantitative estimate of drug-likeness (QED) is 0.134. The Balaban J connectivity index is -0.0000000277. The molecule has 0 aliphatic heterocycles. The molecule has 0 bridgehead atoms. The molecule has 0 aliphatic carbocycles. The molecule has 0 unspecified atom stereocenters. The summed E-state index contributed by atoms with van der Waals surface area (Å²) in [6.45, 7) is 0. The van der Waals surface area contributed by atoms with Crippen molar-refractivity contribution in [1.82, 2.24) is 0 Å². The summed E-state index contributed by atoms with van der Waals surface area (Å²) < 4.78 is 26.6. The maximum absolute atomic E-state index is 8.88. The Kier molecular flexibility index (Phi) is 39.9. The van der Waals surface area contributed by atoms with Crippen molar-refractivity contribution in [1.29, 1.82) is 0 Å². The van der Waals surface area contributed by atoms with E-state index in [1.165, 1.54) is 0 Å². The minimum absolute atomic E-state index is 0. The number of hydrogen-bond acceptors (Lipinski definition) is 3. The van der Waals surface area contributed by atoms with Crippen molar-refractivity contribution in [2.75, 3.05) is 0 Å². The zero-order valence-electron chi connectivity index (χ0n) is 6.59. The van der Waals surface area contributed by atoms with E-state index in [0.717, 1.165) is 0 Å². The van der Waals surface area contributed by atoms with E-state index < -0.39 is 23.5 Å². The first-order valence-electron chi connectivity index (χ1n) is 2.35. The number of rotatable bonds is 0. The molecule has 12 nitrogen and oxygen atoms in total. The van der Waals surface area contributed by atoms with Crippen molar-refractivity contribution in [3.63, 3.8) is 0 Å². The van der Waals surface area contributed by atoms with E-state index in [2.05, 4.69) is 0 Å². The summed E-state index contributed by atoms with van der Waals surface area (Å²) in [6, 6.07) is 0. The molecule has 0 saturated heterocycles. The molecular weight excluding hydrogens is 402 g/mol. The normalized spacial score (nSPS) is 9.83. The first-order chi connectivity index (χ1) is 6.00. The molecule has 0 aliphatic rings. The van der Waals surface area contributed by atoms with Crippen molar-refractivity contribution in [2.45, 2.75) is 0 Å². The van der Waals surface area contributed by atoms with Crippen LogP contribution in [0.3, 0.4) is 0 Å². The van der Waals surface area contributed by atoms with E-state index in [-0.39, 0.29) is 154 Å². The first kappa shape index (κ1) is 38.7. The van der Waals surface area contributed by atoms with Crippen LogP contribution >= 0.6 is 23.5 Å². The van der Waals surface area contributed by atoms with Gasteiger partial charge >= 0.3 is 178 Å². The van der Waals surface area contributed by atoms with Gasteiger partial charge in [0.05, 0.1) is 0 Å². The van der Waals surface area contributed by atoms with Gasteiger partial charge in [-0.3, -0.25) is 0 Å². The van der Waals surface area contributed by atoms with Crippen LogP contribution < -0.4 is 0 Å². The van der Waals surface area contributed by atoms with Crippen LogP contribution in [0.15, 0.2) is 0 Å². The van der Waals surface area contributed by atoms with E-state index in [1.54, 1.807) is 0 Å². The van der Waals surface area contributed by atoms with Gasteiger partial charge in [-0.05, 0) is 0 Å². The van der Waals surface area contributed by atoms with E-state index in [0.29, 0.717) is 0 Å². The number of phosphoric acid groups is 3. The first-order valence-corrected chi connectivity index (χ1v) is 7.04. The van der Waals surface area contributed by atoms with Crippen LogP contribution in [0.1, 0.15) is 0 Å². The van der Waals surface area contributed by atoms with Crippen molar-refractivity contribution < 1.29 is 57.7 Å². The molecule has 0 aromatic carbocycles. The van der Waals surface area contributed by atoms with Gasteiger partial charge in [0.25, 0.3) is 0 Å². The molecule has 0 spiro atoms. The fraction of sp³-hybridized carbons (Fsp3) is 0. The summed E-state index contributed by atoms with van der Waals surface area (Å²) in [5, 5.41) is 0. The molecule has 0 aromatic rings. The summed E-state index contributed by atoms with van der Waals surface area (Å²) in [5.74, 6) is 0. The molecule has 9 N–H and O–H groups in total. The molecule has 18 heavy (non-hydrogen) atoms. The standard InChI is InChI=1S/3K.3H3O4P.3H/c;;;3*1-5(2,3)4;;;/h;;;3*(H3,1,2,3,4);;;. The Morgan fingerprint density at radius 1 is 0.389 bits per heavy atom. The SMILES string of the molecule is O=P(O)(O)O.O=P(O)(O)O.O=P(O)(O)O.[KH].[KH].[KH]. The van der Waals surface area contributed by atoms with Crippen molar-refractivity contribution in [3.05, 3.63) is 0 Å². The fourth-order valence-corrected chi connectivity index (χ4v) is 0. The predicted molar refractivity (Wildman–Crippen MR) is 64.2 cm³/mol. The van der Waals surface area contributed by atoms with Gasteiger partial charge in [0.15, 0.2) is 0 Å². The van der Waals surface area contributed by atoms with Crippen molar-refractivity contribution >= 4 is 178 Å². The fourth-order valence-electron chi connectivity index (χ4n) is 0. The molecule has 0 radical (unpaired) electrons. The van der Waals surface area contributed by atoms with Gasteiger partial charge in [-0.2, -0.15) is 0 Å². The third-order valence-electron chi connectivity index (χ3n) is 0. The summed E-state index contributed by atoms with van der Waals surface area (Å²) in [6.07, 6.45) is 0. The Labute approximate surface area is 229 Å². The molecular formula is H12K3O12P3. The van der Waals surface area contributed by atoms with Gasteiger partial charge in [-0.15, -0.1) is 0 Å². The second kappa shape index (κ2) is 18.6. The van der Waals surface area contributed by atoms with Crippen LogP contribution in [0.25, 0.3) is 0 Å². The molecule has 0 amide bonds.